The standard InChI is InChI=1S/C21H25F3N4O/c22-21(23,24)20-25-17-9-5-4-8-16(17)19(26-20)28-12-10-27(11-13-28)18(29)14-15-6-2-1-3-7-15/h4-5,8-9,15H,1-3,6-7,10-14H2. The van der Waals surface area contributed by atoms with Crippen molar-refractivity contribution in [1.82, 2.24) is 14.9 Å². The first-order valence-electron chi connectivity index (χ1n) is 10.3. The highest BCUT2D eigenvalue weighted by Crippen LogP contribution is 2.32. The molecular weight excluding hydrogens is 381 g/mol. The number of piperazine rings is 1. The van der Waals surface area contributed by atoms with Crippen molar-refractivity contribution in [3.05, 3.63) is 30.1 Å². The number of alkyl halides is 3. The first kappa shape index (κ1) is 19.9. The van der Waals surface area contributed by atoms with Crippen molar-refractivity contribution < 1.29 is 18.0 Å². The number of nitrogens with zero attached hydrogens (tertiary/aromatic N) is 4. The molecule has 29 heavy (non-hydrogen) atoms. The van der Waals surface area contributed by atoms with Crippen LogP contribution in [-0.4, -0.2) is 47.0 Å². The molecule has 1 aliphatic carbocycles. The molecule has 1 amide bonds. The number of anilines is 1. The summed E-state index contributed by atoms with van der Waals surface area (Å²) < 4.78 is 39.8. The van der Waals surface area contributed by atoms with E-state index < -0.39 is 12.0 Å². The fourth-order valence-corrected chi connectivity index (χ4v) is 4.36. The van der Waals surface area contributed by atoms with Crippen molar-refractivity contribution in [1.29, 1.82) is 0 Å². The second kappa shape index (κ2) is 8.16. The van der Waals surface area contributed by atoms with Crippen LogP contribution in [0.3, 0.4) is 0 Å². The van der Waals surface area contributed by atoms with E-state index in [0.717, 1.165) is 12.8 Å². The minimum Gasteiger partial charge on any atom is -0.352 e. The van der Waals surface area contributed by atoms with Crippen molar-refractivity contribution >= 4 is 22.6 Å². The van der Waals surface area contributed by atoms with Crippen molar-refractivity contribution in [3.63, 3.8) is 0 Å². The molecule has 1 aromatic carbocycles. The quantitative estimate of drug-likeness (QED) is 0.764. The van der Waals surface area contributed by atoms with E-state index in [1.54, 1.807) is 24.3 Å². The van der Waals surface area contributed by atoms with Gasteiger partial charge in [-0.1, -0.05) is 31.4 Å². The van der Waals surface area contributed by atoms with Crippen molar-refractivity contribution in [2.75, 3.05) is 31.1 Å². The van der Waals surface area contributed by atoms with Crippen LogP contribution < -0.4 is 4.90 Å². The maximum atomic E-state index is 13.3. The molecule has 0 atom stereocenters. The van der Waals surface area contributed by atoms with Crippen molar-refractivity contribution in [3.8, 4) is 0 Å². The van der Waals surface area contributed by atoms with E-state index >= 15 is 0 Å². The summed E-state index contributed by atoms with van der Waals surface area (Å²) in [5.74, 6) is -0.182. The van der Waals surface area contributed by atoms with Gasteiger partial charge in [-0.15, -0.1) is 0 Å². The summed E-state index contributed by atoms with van der Waals surface area (Å²) in [4.78, 5) is 23.9. The number of hydrogen-bond acceptors (Lipinski definition) is 4. The zero-order valence-electron chi connectivity index (χ0n) is 16.3. The minimum absolute atomic E-state index is 0.167. The van der Waals surface area contributed by atoms with Gasteiger partial charge in [0.15, 0.2) is 0 Å². The number of halogens is 3. The van der Waals surface area contributed by atoms with Crippen molar-refractivity contribution in [2.24, 2.45) is 5.92 Å². The second-order valence-corrected chi connectivity index (χ2v) is 7.96. The van der Waals surface area contributed by atoms with Crippen LogP contribution in [0.15, 0.2) is 24.3 Å². The lowest BCUT2D eigenvalue weighted by molar-refractivity contribution is -0.144. The number of aromatic nitrogens is 2. The van der Waals surface area contributed by atoms with Gasteiger partial charge in [-0.3, -0.25) is 4.79 Å². The van der Waals surface area contributed by atoms with Gasteiger partial charge in [0.1, 0.15) is 5.82 Å². The summed E-state index contributed by atoms with van der Waals surface area (Å²) in [6.07, 6.45) is 1.90. The van der Waals surface area contributed by atoms with Crippen LogP contribution in [0.2, 0.25) is 0 Å². The number of hydrogen-bond donors (Lipinski definition) is 0. The third kappa shape index (κ3) is 4.46. The minimum atomic E-state index is -4.60. The monoisotopic (exact) mass is 406 g/mol. The predicted molar refractivity (Wildman–Crippen MR) is 105 cm³/mol. The fourth-order valence-electron chi connectivity index (χ4n) is 4.36. The van der Waals surface area contributed by atoms with Crippen LogP contribution in [0.4, 0.5) is 19.0 Å². The number of carbonyl (C=O) groups is 1. The Morgan fingerprint density at radius 2 is 1.69 bits per heavy atom. The molecular formula is C21H25F3N4O. The van der Waals surface area contributed by atoms with E-state index in [9.17, 15) is 18.0 Å². The summed E-state index contributed by atoms with van der Waals surface area (Å²) in [7, 11) is 0. The van der Waals surface area contributed by atoms with Gasteiger partial charge >= 0.3 is 6.18 Å². The Balaban J connectivity index is 1.48. The Hall–Kier alpha value is -2.38. The Labute approximate surface area is 167 Å². The Morgan fingerprint density at radius 3 is 2.38 bits per heavy atom. The number of para-hydroxylation sites is 1. The molecule has 0 radical (unpaired) electrons. The molecule has 156 valence electrons. The van der Waals surface area contributed by atoms with Gasteiger partial charge in [0.25, 0.3) is 0 Å². The summed E-state index contributed by atoms with van der Waals surface area (Å²) in [5, 5.41) is 0.600. The molecule has 2 fully saturated rings. The molecule has 5 nitrogen and oxygen atoms in total. The summed E-state index contributed by atoms with van der Waals surface area (Å²) in [6.45, 7) is 1.94. The van der Waals surface area contributed by atoms with E-state index in [4.69, 9.17) is 0 Å². The average Bonchev–Trinajstić information content (AvgIpc) is 2.73. The number of amides is 1. The highest BCUT2D eigenvalue weighted by Gasteiger charge is 2.36. The number of fused-ring (bicyclic) bond motifs is 1. The second-order valence-electron chi connectivity index (χ2n) is 7.96. The van der Waals surface area contributed by atoms with E-state index in [1.807, 2.05) is 9.80 Å². The maximum Gasteiger partial charge on any atom is 0.451 e. The van der Waals surface area contributed by atoms with Crippen LogP contribution in [0.1, 0.15) is 44.3 Å². The molecule has 0 bridgehead atoms. The Kier molecular flexibility index (Phi) is 5.61. The summed E-state index contributed by atoms with van der Waals surface area (Å²) >= 11 is 0. The van der Waals surface area contributed by atoms with Gasteiger partial charge in [-0.2, -0.15) is 13.2 Å². The fraction of sp³-hybridized carbons (Fsp3) is 0.571. The lowest BCUT2D eigenvalue weighted by Gasteiger charge is -2.36. The highest BCUT2D eigenvalue weighted by molar-refractivity contribution is 5.89. The van der Waals surface area contributed by atoms with Gasteiger partial charge in [0.2, 0.25) is 11.7 Å². The summed E-state index contributed by atoms with van der Waals surface area (Å²) in [5.41, 5.74) is 0.278. The zero-order valence-corrected chi connectivity index (χ0v) is 16.3. The molecule has 1 aliphatic heterocycles. The van der Waals surface area contributed by atoms with Crippen molar-refractivity contribution in [2.45, 2.75) is 44.7 Å². The van der Waals surface area contributed by atoms with E-state index in [2.05, 4.69) is 9.97 Å². The molecule has 0 N–H and O–H groups in total. The Morgan fingerprint density at radius 1 is 1.00 bits per heavy atom. The highest BCUT2D eigenvalue weighted by atomic mass is 19.4. The maximum absolute atomic E-state index is 13.3. The number of benzene rings is 1. The van der Waals surface area contributed by atoms with Gasteiger partial charge in [-0.25, -0.2) is 9.97 Å². The normalized spacial score (nSPS) is 19.0. The van der Waals surface area contributed by atoms with Crippen LogP contribution >= 0.6 is 0 Å². The SMILES string of the molecule is O=C(CC1CCCCC1)N1CCN(c2nc(C(F)(F)F)nc3ccccc23)CC1. The zero-order chi connectivity index (χ0) is 20.4. The van der Waals surface area contributed by atoms with E-state index in [0.29, 0.717) is 49.7 Å². The largest absolute Gasteiger partial charge is 0.451 e. The first-order chi connectivity index (χ1) is 13.9. The van der Waals surface area contributed by atoms with E-state index in [-0.39, 0.29) is 11.4 Å². The smallest absolute Gasteiger partial charge is 0.352 e. The predicted octanol–water partition coefficient (Wildman–Crippen LogP) is 4.27. The number of rotatable bonds is 3. The van der Waals surface area contributed by atoms with Gasteiger partial charge in [-0.05, 0) is 30.9 Å². The summed E-state index contributed by atoms with van der Waals surface area (Å²) in [6, 6.07) is 6.75. The van der Waals surface area contributed by atoms with Gasteiger partial charge in [0, 0.05) is 38.0 Å². The Bertz CT molecular complexity index is 872. The van der Waals surface area contributed by atoms with Gasteiger partial charge in [0.05, 0.1) is 5.52 Å². The molecule has 0 spiro atoms. The van der Waals surface area contributed by atoms with Crippen LogP contribution in [0.25, 0.3) is 10.9 Å². The van der Waals surface area contributed by atoms with Gasteiger partial charge < -0.3 is 9.80 Å². The lowest BCUT2D eigenvalue weighted by Crippen LogP contribution is -2.49. The van der Waals surface area contributed by atoms with Crippen LogP contribution in [0, 0.1) is 5.92 Å². The average molecular weight is 406 g/mol. The molecule has 1 aromatic heterocycles. The topological polar surface area (TPSA) is 49.3 Å². The molecule has 4 rings (SSSR count). The third-order valence-corrected chi connectivity index (χ3v) is 5.96. The molecule has 1 saturated carbocycles. The lowest BCUT2D eigenvalue weighted by atomic mass is 9.86. The van der Waals surface area contributed by atoms with E-state index in [1.165, 1.54) is 19.3 Å². The number of carbonyl (C=O) groups excluding carboxylic acids is 1. The molecule has 2 aliphatic rings. The third-order valence-electron chi connectivity index (χ3n) is 5.96. The van der Waals surface area contributed by atoms with Crippen LogP contribution in [-0.2, 0) is 11.0 Å². The molecule has 0 unspecified atom stereocenters. The van der Waals surface area contributed by atoms with Crippen LogP contribution in [0.5, 0.6) is 0 Å². The first-order valence-corrected chi connectivity index (χ1v) is 10.3. The molecule has 2 aromatic rings. The molecule has 1 saturated heterocycles. The molecule has 8 heteroatoms. The molecule has 2 heterocycles.